The quantitative estimate of drug-likeness (QED) is 0.388. The summed E-state index contributed by atoms with van der Waals surface area (Å²) in [7, 11) is -3.83. The van der Waals surface area contributed by atoms with Crippen molar-refractivity contribution in [2.24, 2.45) is 5.92 Å². The molecule has 0 unspecified atom stereocenters. The molecule has 37 heavy (non-hydrogen) atoms. The van der Waals surface area contributed by atoms with Gasteiger partial charge in [0.1, 0.15) is 5.82 Å². The Kier molecular flexibility index (Phi) is 7.44. The van der Waals surface area contributed by atoms with Crippen LogP contribution in [0.1, 0.15) is 52.9 Å². The average Bonchev–Trinajstić information content (AvgIpc) is 3.37. The van der Waals surface area contributed by atoms with E-state index in [1.54, 1.807) is 10.8 Å². The van der Waals surface area contributed by atoms with Gasteiger partial charge in [0.2, 0.25) is 15.0 Å². The summed E-state index contributed by atoms with van der Waals surface area (Å²) in [6.45, 7) is 3.85. The molecule has 1 atom stereocenters. The third-order valence-electron chi connectivity index (χ3n) is 6.97. The number of imidazole rings is 1. The summed E-state index contributed by atoms with van der Waals surface area (Å²) in [4.78, 5) is 19.6. The summed E-state index contributed by atoms with van der Waals surface area (Å²) in [6.07, 6.45) is 5.38. The van der Waals surface area contributed by atoms with Gasteiger partial charge in [-0.2, -0.15) is 0 Å². The second-order valence-electron chi connectivity index (χ2n) is 10.2. The number of hydrogen-bond donors (Lipinski definition) is 0. The zero-order valence-corrected chi connectivity index (χ0v) is 21.8. The molecule has 1 aromatic heterocycles. The van der Waals surface area contributed by atoms with Gasteiger partial charge in [0.15, 0.2) is 0 Å². The van der Waals surface area contributed by atoms with E-state index in [4.69, 9.17) is 4.74 Å². The van der Waals surface area contributed by atoms with Crippen LogP contribution in [0.3, 0.4) is 0 Å². The Morgan fingerprint density at radius 1 is 1.11 bits per heavy atom. The lowest BCUT2D eigenvalue weighted by Crippen LogP contribution is -2.34. The number of carbonyl (C=O) groups excluding carboxylic acids is 1. The number of aryl methyl sites for hydroxylation is 1. The molecule has 9 heteroatoms. The van der Waals surface area contributed by atoms with Crippen molar-refractivity contribution >= 4 is 15.7 Å². The van der Waals surface area contributed by atoms with Gasteiger partial charge in [-0.15, -0.1) is 0 Å². The highest BCUT2D eigenvalue weighted by molar-refractivity contribution is 7.90. The van der Waals surface area contributed by atoms with Crippen molar-refractivity contribution in [3.63, 3.8) is 0 Å². The number of rotatable bonds is 10. The first-order chi connectivity index (χ1) is 17.8. The van der Waals surface area contributed by atoms with Crippen molar-refractivity contribution in [1.29, 1.82) is 0 Å². The molecule has 1 saturated carbocycles. The SMILES string of the molecule is Cc1ccc(C(=O)N(Cc2cnc(S(=O)(=O)Cc3ccc(F)cc3)n2C[C@H]2CCCO2)CC2CC2)cc1. The van der Waals surface area contributed by atoms with Crippen molar-refractivity contribution in [3.8, 4) is 0 Å². The van der Waals surface area contributed by atoms with E-state index in [2.05, 4.69) is 4.98 Å². The molecule has 2 heterocycles. The zero-order chi connectivity index (χ0) is 26.0. The van der Waals surface area contributed by atoms with Crippen molar-refractivity contribution in [2.75, 3.05) is 13.2 Å². The predicted octanol–water partition coefficient (Wildman–Crippen LogP) is 4.54. The largest absolute Gasteiger partial charge is 0.376 e. The molecule has 7 nitrogen and oxygen atoms in total. The Morgan fingerprint density at radius 2 is 1.84 bits per heavy atom. The van der Waals surface area contributed by atoms with Gasteiger partial charge < -0.3 is 14.2 Å². The van der Waals surface area contributed by atoms with Crippen LogP contribution in [0.15, 0.2) is 59.9 Å². The van der Waals surface area contributed by atoms with Gasteiger partial charge >= 0.3 is 0 Å². The number of hydrogen-bond acceptors (Lipinski definition) is 5. The molecule has 2 aromatic carbocycles. The molecular formula is C28H32FN3O4S. The highest BCUT2D eigenvalue weighted by Gasteiger charge is 2.31. The Hall–Kier alpha value is -3.04. The van der Waals surface area contributed by atoms with Gasteiger partial charge in [-0.05, 0) is 68.4 Å². The maximum absolute atomic E-state index is 13.5. The first-order valence-electron chi connectivity index (χ1n) is 12.8. The molecule has 1 aliphatic carbocycles. The van der Waals surface area contributed by atoms with Crippen LogP contribution in [0, 0.1) is 18.7 Å². The Morgan fingerprint density at radius 3 is 2.49 bits per heavy atom. The molecule has 3 aromatic rings. The van der Waals surface area contributed by atoms with Gasteiger partial charge in [-0.3, -0.25) is 4.79 Å². The van der Waals surface area contributed by atoms with E-state index < -0.39 is 15.7 Å². The summed E-state index contributed by atoms with van der Waals surface area (Å²) in [5.41, 5.74) is 2.84. The zero-order valence-electron chi connectivity index (χ0n) is 21.0. The van der Waals surface area contributed by atoms with Gasteiger partial charge in [-0.25, -0.2) is 17.8 Å². The first kappa shape index (κ1) is 25.6. The van der Waals surface area contributed by atoms with Gasteiger partial charge in [0, 0.05) is 18.7 Å². The maximum atomic E-state index is 13.5. The summed E-state index contributed by atoms with van der Waals surface area (Å²) in [5, 5.41) is -0.0449. The standard InChI is InChI=1S/C28H32FN3O4S/c1-20-4-10-23(11-5-20)27(33)31(16-21-6-7-21)17-25-15-30-28(32(25)18-26-3-2-14-36-26)37(34,35)19-22-8-12-24(29)13-9-22/h4-5,8-13,15,21,26H,2-3,6-7,14,16-19H2,1H3/t26-/m1/s1. The Bertz CT molecular complexity index is 1340. The van der Waals surface area contributed by atoms with E-state index >= 15 is 0 Å². The normalized spacial score (nSPS) is 17.7. The molecule has 2 aliphatic rings. The molecule has 196 valence electrons. The molecule has 1 amide bonds. The van der Waals surface area contributed by atoms with Crippen LogP contribution in [0.25, 0.3) is 0 Å². The van der Waals surface area contributed by atoms with Crippen molar-refractivity contribution in [1.82, 2.24) is 14.5 Å². The molecular weight excluding hydrogens is 493 g/mol. The minimum absolute atomic E-state index is 0.0449. The van der Waals surface area contributed by atoms with Crippen molar-refractivity contribution < 1.29 is 22.3 Å². The predicted molar refractivity (Wildman–Crippen MR) is 137 cm³/mol. The Labute approximate surface area is 217 Å². The monoisotopic (exact) mass is 525 g/mol. The van der Waals surface area contributed by atoms with Crippen molar-refractivity contribution in [2.45, 2.75) is 62.7 Å². The minimum Gasteiger partial charge on any atom is -0.376 e. The lowest BCUT2D eigenvalue weighted by Gasteiger charge is -2.24. The summed E-state index contributed by atoms with van der Waals surface area (Å²) in [5.74, 6) is -0.320. The summed E-state index contributed by atoms with van der Waals surface area (Å²) >= 11 is 0. The van der Waals surface area contributed by atoms with Gasteiger partial charge in [0.05, 0.1) is 36.8 Å². The number of aromatic nitrogens is 2. The summed E-state index contributed by atoms with van der Waals surface area (Å²) in [6, 6.07) is 13.0. The number of nitrogens with zero attached hydrogens (tertiary/aromatic N) is 3. The van der Waals surface area contributed by atoms with E-state index in [0.717, 1.165) is 31.2 Å². The number of carbonyl (C=O) groups is 1. The van der Waals surface area contributed by atoms with Gasteiger partial charge in [0.25, 0.3) is 5.91 Å². The van der Waals surface area contributed by atoms with Gasteiger partial charge in [-0.1, -0.05) is 29.8 Å². The Balaban J connectivity index is 1.45. The fourth-order valence-electron chi connectivity index (χ4n) is 4.72. The van der Waals surface area contributed by atoms with Crippen LogP contribution in [-0.2, 0) is 33.4 Å². The minimum atomic E-state index is -3.83. The maximum Gasteiger partial charge on any atom is 0.254 e. The number of amides is 1. The van der Waals surface area contributed by atoms with Crippen LogP contribution < -0.4 is 0 Å². The van der Waals surface area contributed by atoms with Crippen LogP contribution in [0.5, 0.6) is 0 Å². The lowest BCUT2D eigenvalue weighted by atomic mass is 10.1. The molecule has 5 rings (SSSR count). The summed E-state index contributed by atoms with van der Waals surface area (Å²) < 4.78 is 47.8. The fraction of sp³-hybridized carbons (Fsp3) is 0.429. The number of benzene rings is 2. The molecule has 0 radical (unpaired) electrons. The third-order valence-corrected chi connectivity index (χ3v) is 8.57. The highest BCUT2D eigenvalue weighted by Crippen LogP contribution is 2.31. The smallest absolute Gasteiger partial charge is 0.254 e. The second kappa shape index (κ2) is 10.8. The molecule has 0 bridgehead atoms. The molecule has 1 aliphatic heterocycles. The van der Waals surface area contributed by atoms with E-state index in [9.17, 15) is 17.6 Å². The molecule has 0 spiro atoms. The first-order valence-corrected chi connectivity index (χ1v) is 14.4. The number of ether oxygens (including phenoxy) is 1. The number of halogens is 1. The van der Waals surface area contributed by atoms with Crippen LogP contribution in [0.2, 0.25) is 0 Å². The van der Waals surface area contributed by atoms with E-state index in [1.807, 2.05) is 36.1 Å². The lowest BCUT2D eigenvalue weighted by molar-refractivity contribution is 0.0723. The second-order valence-corrected chi connectivity index (χ2v) is 12.0. The van der Waals surface area contributed by atoms with Crippen LogP contribution >= 0.6 is 0 Å². The third kappa shape index (κ3) is 6.27. The van der Waals surface area contributed by atoms with E-state index in [-0.39, 0.29) is 29.5 Å². The van der Waals surface area contributed by atoms with Crippen molar-refractivity contribution in [3.05, 3.63) is 82.9 Å². The topological polar surface area (TPSA) is 81.5 Å². The molecule has 2 fully saturated rings. The van der Waals surface area contributed by atoms with Crippen LogP contribution in [-0.4, -0.2) is 48.0 Å². The molecule has 0 N–H and O–H groups in total. The fourth-order valence-corrected chi connectivity index (χ4v) is 6.23. The van der Waals surface area contributed by atoms with Crippen LogP contribution in [0.4, 0.5) is 4.39 Å². The number of sulfone groups is 1. The highest BCUT2D eigenvalue weighted by atomic mass is 32.2. The molecule has 1 saturated heterocycles. The van der Waals surface area contributed by atoms with E-state index in [1.165, 1.54) is 24.3 Å². The average molecular weight is 526 g/mol. The van der Waals surface area contributed by atoms with E-state index in [0.29, 0.717) is 42.4 Å².